The molecule has 0 amide bonds. The van der Waals surface area contributed by atoms with Gasteiger partial charge in [0.25, 0.3) is 0 Å². The lowest BCUT2D eigenvalue weighted by atomic mass is 10.4. The molecule has 0 aromatic carbocycles. The second-order valence-electron chi connectivity index (χ2n) is 3.80. The fraction of sp³-hybridized carbons (Fsp3) is 0.636. The number of hydrogen-bond donors (Lipinski definition) is 1. The monoisotopic (exact) mass is 305 g/mol. The molecule has 0 bridgehead atoms. The van der Waals surface area contributed by atoms with Gasteiger partial charge in [-0.2, -0.15) is 4.40 Å². The summed E-state index contributed by atoms with van der Waals surface area (Å²) < 4.78 is 14.1. The third kappa shape index (κ3) is 7.46. The number of morpholine rings is 1. The van der Waals surface area contributed by atoms with E-state index in [1.54, 1.807) is 0 Å². The van der Waals surface area contributed by atoms with Crippen molar-refractivity contribution in [2.75, 3.05) is 45.7 Å². The molecule has 1 aliphatic rings. The third-order valence-electron chi connectivity index (χ3n) is 2.33. The van der Waals surface area contributed by atoms with Crippen molar-refractivity contribution in [2.45, 2.75) is 0 Å². The predicted molar refractivity (Wildman–Crippen MR) is 80.1 cm³/mol. The highest BCUT2D eigenvalue weighted by atomic mass is 32.2. The molecule has 108 valence electrons. The molecule has 0 radical (unpaired) electrons. The molecule has 1 heterocycles. The molecule has 19 heavy (non-hydrogen) atoms. The predicted octanol–water partition coefficient (Wildman–Crippen LogP) is 0.701. The summed E-state index contributed by atoms with van der Waals surface area (Å²) in [6, 6.07) is 0. The van der Waals surface area contributed by atoms with Gasteiger partial charge in [-0.3, -0.25) is 9.69 Å². The van der Waals surface area contributed by atoms with Crippen molar-refractivity contribution in [3.63, 3.8) is 0 Å². The van der Waals surface area contributed by atoms with Crippen LogP contribution in [0, 0.1) is 0 Å². The first kappa shape index (κ1) is 16.4. The van der Waals surface area contributed by atoms with Crippen LogP contribution in [0.4, 0.5) is 0 Å². The largest absolute Gasteiger partial charge is 0.489 e. The summed E-state index contributed by atoms with van der Waals surface area (Å²) in [6.45, 7) is 7.03. The van der Waals surface area contributed by atoms with Gasteiger partial charge >= 0.3 is 0 Å². The van der Waals surface area contributed by atoms with E-state index < -0.39 is 0 Å². The van der Waals surface area contributed by atoms with Crippen molar-refractivity contribution < 1.29 is 14.3 Å². The van der Waals surface area contributed by atoms with Gasteiger partial charge in [0.15, 0.2) is 5.09 Å². The highest BCUT2D eigenvalue weighted by molar-refractivity contribution is 8.14. The fourth-order valence-electron chi connectivity index (χ4n) is 1.32. The second-order valence-corrected chi connectivity index (χ2v) is 5.65. The van der Waals surface area contributed by atoms with Gasteiger partial charge in [0, 0.05) is 13.1 Å². The Hall–Kier alpha value is -0.700. The lowest BCUT2D eigenvalue weighted by molar-refractivity contribution is -0.112. The first-order valence-corrected chi connectivity index (χ1v) is 7.55. The van der Waals surface area contributed by atoms with E-state index in [1.807, 2.05) is 0 Å². The number of nitrogens with zero attached hydrogens (tertiary/aromatic N) is 2. The molecule has 0 unspecified atom stereocenters. The van der Waals surface area contributed by atoms with E-state index in [1.165, 1.54) is 18.9 Å². The number of carbonyl (C=O) groups excluding carboxylic acids is 1. The van der Waals surface area contributed by atoms with Crippen molar-refractivity contribution in [3.05, 3.63) is 11.7 Å². The Kier molecular flexibility index (Phi) is 7.96. The van der Waals surface area contributed by atoms with Crippen molar-refractivity contribution in [2.24, 2.45) is 10.1 Å². The van der Waals surface area contributed by atoms with E-state index in [-0.39, 0.29) is 5.12 Å². The molecule has 0 aromatic rings. The summed E-state index contributed by atoms with van der Waals surface area (Å²) in [5, 5.41) is 0.559. The summed E-state index contributed by atoms with van der Waals surface area (Å²) in [4.78, 5) is 13.8. The quantitative estimate of drug-likeness (QED) is 0.321. The SMILES string of the molecule is C=C(OC)SN=C(N)CSC(=O)CN1CCOCC1. The molecule has 0 saturated carbocycles. The van der Waals surface area contributed by atoms with Crippen LogP contribution in [0.25, 0.3) is 0 Å². The van der Waals surface area contributed by atoms with Gasteiger partial charge in [0.1, 0.15) is 5.84 Å². The smallest absolute Gasteiger partial charge is 0.203 e. The minimum Gasteiger partial charge on any atom is -0.489 e. The molecular weight excluding hydrogens is 286 g/mol. The van der Waals surface area contributed by atoms with Gasteiger partial charge in [-0.05, 0) is 6.58 Å². The molecule has 1 rings (SSSR count). The highest BCUT2D eigenvalue weighted by Crippen LogP contribution is 2.15. The summed E-state index contributed by atoms with van der Waals surface area (Å²) in [7, 11) is 1.52. The van der Waals surface area contributed by atoms with E-state index in [0.29, 0.717) is 36.4 Å². The van der Waals surface area contributed by atoms with Crippen LogP contribution in [0.2, 0.25) is 0 Å². The van der Waals surface area contributed by atoms with Crippen molar-refractivity contribution >= 4 is 34.7 Å². The average Bonchev–Trinajstić information content (AvgIpc) is 2.43. The van der Waals surface area contributed by atoms with Crippen LogP contribution in [-0.2, 0) is 14.3 Å². The van der Waals surface area contributed by atoms with Gasteiger partial charge < -0.3 is 15.2 Å². The topological polar surface area (TPSA) is 77.2 Å². The van der Waals surface area contributed by atoms with Gasteiger partial charge in [0.2, 0.25) is 5.12 Å². The molecule has 0 atom stereocenters. The standard InChI is InChI=1S/C11H19N3O3S2/c1-9(16-2)19-13-10(12)8-18-11(15)7-14-3-5-17-6-4-14/h1,3-8H2,2H3,(H2,12,13). The van der Waals surface area contributed by atoms with E-state index >= 15 is 0 Å². The number of amidine groups is 1. The van der Waals surface area contributed by atoms with Crippen LogP contribution in [0.1, 0.15) is 0 Å². The van der Waals surface area contributed by atoms with E-state index in [9.17, 15) is 4.79 Å². The molecule has 0 spiro atoms. The van der Waals surface area contributed by atoms with Crippen molar-refractivity contribution in [3.8, 4) is 0 Å². The first-order valence-electron chi connectivity index (χ1n) is 5.79. The summed E-state index contributed by atoms with van der Waals surface area (Å²) >= 11 is 2.24. The molecule has 1 saturated heterocycles. The number of methoxy groups -OCH3 is 1. The molecule has 1 fully saturated rings. The number of hydrogen-bond acceptors (Lipinski definition) is 7. The summed E-state index contributed by atoms with van der Waals surface area (Å²) in [6.07, 6.45) is 0. The molecule has 0 aromatic heterocycles. The van der Waals surface area contributed by atoms with Gasteiger partial charge in [-0.15, -0.1) is 0 Å². The normalized spacial score (nSPS) is 17.2. The van der Waals surface area contributed by atoms with Crippen LogP contribution in [-0.4, -0.2) is 61.6 Å². The van der Waals surface area contributed by atoms with Crippen molar-refractivity contribution in [1.82, 2.24) is 4.90 Å². The average molecular weight is 305 g/mol. The van der Waals surface area contributed by atoms with Crippen LogP contribution < -0.4 is 5.73 Å². The van der Waals surface area contributed by atoms with Crippen molar-refractivity contribution in [1.29, 1.82) is 0 Å². The minimum absolute atomic E-state index is 0.0932. The number of rotatable bonds is 7. The minimum atomic E-state index is 0.0932. The molecule has 1 aliphatic heterocycles. The molecule has 2 N–H and O–H groups in total. The van der Waals surface area contributed by atoms with Crippen LogP contribution in [0.15, 0.2) is 16.1 Å². The maximum Gasteiger partial charge on any atom is 0.203 e. The third-order valence-corrected chi connectivity index (χ3v) is 3.92. The summed E-state index contributed by atoms with van der Waals surface area (Å²) in [5.41, 5.74) is 5.68. The second kappa shape index (κ2) is 9.24. The molecular formula is C11H19N3O3S2. The Morgan fingerprint density at radius 2 is 2.21 bits per heavy atom. The van der Waals surface area contributed by atoms with Crippen LogP contribution in [0.3, 0.4) is 0 Å². The van der Waals surface area contributed by atoms with E-state index in [0.717, 1.165) is 25.0 Å². The fourth-order valence-corrected chi connectivity index (χ4v) is 2.40. The zero-order valence-corrected chi connectivity index (χ0v) is 12.6. The Bertz CT molecular complexity index is 344. The Balaban J connectivity index is 2.19. The van der Waals surface area contributed by atoms with Gasteiger partial charge in [0.05, 0.1) is 44.6 Å². The van der Waals surface area contributed by atoms with E-state index in [4.69, 9.17) is 15.2 Å². The number of ether oxygens (including phenoxy) is 2. The zero-order valence-electron chi connectivity index (χ0n) is 11.0. The Morgan fingerprint density at radius 3 is 2.84 bits per heavy atom. The molecule has 0 aliphatic carbocycles. The van der Waals surface area contributed by atoms with E-state index in [2.05, 4.69) is 15.9 Å². The first-order chi connectivity index (χ1) is 9.11. The highest BCUT2D eigenvalue weighted by Gasteiger charge is 2.14. The molecule has 6 nitrogen and oxygen atoms in total. The maximum absolute atomic E-state index is 11.7. The summed E-state index contributed by atoms with van der Waals surface area (Å²) in [5.74, 6) is 0.774. The maximum atomic E-state index is 11.7. The van der Waals surface area contributed by atoms with Gasteiger partial charge in [-0.1, -0.05) is 11.8 Å². The zero-order chi connectivity index (χ0) is 14.1. The van der Waals surface area contributed by atoms with Crippen LogP contribution in [0.5, 0.6) is 0 Å². The van der Waals surface area contributed by atoms with Crippen LogP contribution >= 0.6 is 23.7 Å². The number of carbonyl (C=O) groups is 1. The number of nitrogens with two attached hydrogens (primary N) is 1. The Morgan fingerprint density at radius 1 is 1.53 bits per heavy atom. The Labute approximate surface area is 121 Å². The number of thioether (sulfide) groups is 1. The molecule has 8 heteroatoms. The lowest BCUT2D eigenvalue weighted by Gasteiger charge is -2.25. The lowest BCUT2D eigenvalue weighted by Crippen LogP contribution is -2.39. The van der Waals surface area contributed by atoms with Gasteiger partial charge in [-0.25, -0.2) is 0 Å².